The third kappa shape index (κ3) is 4.49. The van der Waals surface area contributed by atoms with Gasteiger partial charge in [0.15, 0.2) is 0 Å². The third-order valence-electron chi connectivity index (χ3n) is 4.64. The first-order chi connectivity index (χ1) is 15.5. The van der Waals surface area contributed by atoms with Gasteiger partial charge in [-0.05, 0) is 55.5 Å². The molecule has 0 amide bonds. The van der Waals surface area contributed by atoms with Crippen molar-refractivity contribution in [3.05, 3.63) is 101 Å². The number of para-hydroxylation sites is 1. The summed E-state index contributed by atoms with van der Waals surface area (Å²) in [7, 11) is 0. The zero-order valence-corrected chi connectivity index (χ0v) is 17.2. The number of carbonyl (C=O) groups excluding carboxylic acids is 1. The van der Waals surface area contributed by atoms with Gasteiger partial charge in [0.1, 0.15) is 22.8 Å². The zero-order chi connectivity index (χ0) is 22.5. The number of non-ortho nitro benzene ring substituents is 1. The van der Waals surface area contributed by atoms with Crippen LogP contribution in [0, 0.1) is 10.1 Å². The van der Waals surface area contributed by atoms with Crippen LogP contribution in [-0.4, -0.2) is 27.3 Å². The van der Waals surface area contributed by atoms with Crippen LogP contribution in [0.1, 0.15) is 17.3 Å². The predicted molar refractivity (Wildman–Crippen MR) is 118 cm³/mol. The zero-order valence-electron chi connectivity index (χ0n) is 17.2. The molecule has 0 aliphatic heterocycles. The Morgan fingerprint density at radius 2 is 1.62 bits per heavy atom. The average Bonchev–Trinajstić information content (AvgIpc) is 3.26. The molecule has 0 radical (unpaired) electrons. The molecule has 0 aliphatic rings. The number of aromatic nitrogens is 2. The number of nitro benzene ring substituents is 1. The van der Waals surface area contributed by atoms with Crippen LogP contribution in [0.3, 0.4) is 0 Å². The highest BCUT2D eigenvalue weighted by molar-refractivity contribution is 5.96. The molecule has 0 bridgehead atoms. The van der Waals surface area contributed by atoms with E-state index >= 15 is 0 Å². The number of hydrogen-bond acceptors (Lipinski definition) is 6. The van der Waals surface area contributed by atoms with Gasteiger partial charge in [0, 0.05) is 23.9 Å². The van der Waals surface area contributed by atoms with Crippen molar-refractivity contribution < 1.29 is 19.2 Å². The van der Waals surface area contributed by atoms with Crippen LogP contribution in [0.5, 0.6) is 11.5 Å². The van der Waals surface area contributed by atoms with E-state index in [4.69, 9.17) is 9.47 Å². The van der Waals surface area contributed by atoms with Crippen LogP contribution in [0.4, 0.5) is 5.69 Å². The maximum absolute atomic E-state index is 12.5. The highest BCUT2D eigenvalue weighted by atomic mass is 16.6. The molecule has 0 saturated heterocycles. The third-order valence-corrected chi connectivity index (χ3v) is 4.64. The van der Waals surface area contributed by atoms with E-state index in [2.05, 4.69) is 5.10 Å². The van der Waals surface area contributed by atoms with Gasteiger partial charge in [-0.2, -0.15) is 5.10 Å². The first-order valence-corrected chi connectivity index (χ1v) is 9.90. The Bertz CT molecular complexity index is 1230. The van der Waals surface area contributed by atoms with Crippen LogP contribution in [0.25, 0.3) is 16.9 Å². The maximum atomic E-state index is 12.5. The maximum Gasteiger partial charge on any atom is 0.342 e. The molecule has 8 nitrogen and oxygen atoms in total. The molecule has 0 saturated carbocycles. The van der Waals surface area contributed by atoms with E-state index in [9.17, 15) is 14.9 Å². The van der Waals surface area contributed by atoms with E-state index in [0.29, 0.717) is 28.3 Å². The quantitative estimate of drug-likeness (QED) is 0.221. The summed E-state index contributed by atoms with van der Waals surface area (Å²) in [5.74, 6) is 0.864. The largest absolute Gasteiger partial charge is 0.462 e. The number of esters is 1. The summed E-state index contributed by atoms with van der Waals surface area (Å²) >= 11 is 0. The average molecular weight is 429 g/mol. The van der Waals surface area contributed by atoms with Gasteiger partial charge in [0.2, 0.25) is 0 Å². The van der Waals surface area contributed by atoms with Crippen molar-refractivity contribution in [3.63, 3.8) is 0 Å². The molecule has 1 heterocycles. The molecule has 0 spiro atoms. The molecule has 160 valence electrons. The standard InChI is InChI=1S/C24H19N3O5/c1-2-31-24(28)22-16-26(18-10-12-19(13-11-18)27(29)30)25-23(22)17-8-14-21(15-9-17)32-20-6-4-3-5-7-20/h3-16H,2H2,1H3. The minimum absolute atomic E-state index is 0.0271. The van der Waals surface area contributed by atoms with Crippen LogP contribution in [-0.2, 0) is 4.74 Å². The number of nitro groups is 1. The molecule has 3 aromatic carbocycles. The molecule has 1 aromatic heterocycles. The lowest BCUT2D eigenvalue weighted by Gasteiger charge is -2.07. The minimum Gasteiger partial charge on any atom is -0.462 e. The normalized spacial score (nSPS) is 10.5. The van der Waals surface area contributed by atoms with E-state index < -0.39 is 10.9 Å². The van der Waals surface area contributed by atoms with Gasteiger partial charge in [-0.15, -0.1) is 0 Å². The molecule has 4 rings (SSSR count). The van der Waals surface area contributed by atoms with Crippen molar-refractivity contribution in [2.45, 2.75) is 6.92 Å². The fourth-order valence-electron chi connectivity index (χ4n) is 3.11. The molecular weight excluding hydrogens is 410 g/mol. The predicted octanol–water partition coefficient (Wildman–Crippen LogP) is 5.42. The fraction of sp³-hybridized carbons (Fsp3) is 0.0833. The van der Waals surface area contributed by atoms with E-state index in [0.717, 1.165) is 5.75 Å². The molecule has 0 fully saturated rings. The summed E-state index contributed by atoms with van der Waals surface area (Å²) in [6.45, 7) is 1.96. The van der Waals surface area contributed by atoms with E-state index in [1.54, 1.807) is 37.4 Å². The number of hydrogen-bond donors (Lipinski definition) is 0. The summed E-state index contributed by atoms with van der Waals surface area (Å²) in [5.41, 5.74) is 1.99. The lowest BCUT2D eigenvalue weighted by atomic mass is 10.1. The smallest absolute Gasteiger partial charge is 0.342 e. The molecule has 0 aliphatic carbocycles. The summed E-state index contributed by atoms with van der Waals surface area (Å²) in [6.07, 6.45) is 1.56. The highest BCUT2D eigenvalue weighted by Crippen LogP contribution is 2.28. The Hall–Kier alpha value is -4.46. The van der Waals surface area contributed by atoms with E-state index in [-0.39, 0.29) is 12.3 Å². The minimum atomic E-state index is -0.500. The van der Waals surface area contributed by atoms with Gasteiger partial charge in [-0.25, -0.2) is 9.48 Å². The molecule has 32 heavy (non-hydrogen) atoms. The van der Waals surface area contributed by atoms with E-state index in [1.807, 2.05) is 42.5 Å². The summed E-state index contributed by atoms with van der Waals surface area (Å²) < 4.78 is 12.5. The fourth-order valence-corrected chi connectivity index (χ4v) is 3.11. The van der Waals surface area contributed by atoms with Gasteiger partial charge >= 0.3 is 5.97 Å². The SMILES string of the molecule is CCOC(=O)c1cn(-c2ccc([N+](=O)[O-])cc2)nc1-c1ccc(Oc2ccccc2)cc1. The second kappa shape index (κ2) is 9.13. The van der Waals surface area contributed by atoms with Gasteiger partial charge in [-0.3, -0.25) is 10.1 Å². The van der Waals surface area contributed by atoms with Crippen molar-refractivity contribution in [1.82, 2.24) is 9.78 Å². The monoisotopic (exact) mass is 429 g/mol. The molecular formula is C24H19N3O5. The first-order valence-electron chi connectivity index (χ1n) is 9.90. The van der Waals surface area contributed by atoms with Gasteiger partial charge in [0.25, 0.3) is 5.69 Å². The van der Waals surface area contributed by atoms with Crippen molar-refractivity contribution in [2.24, 2.45) is 0 Å². The number of benzene rings is 3. The summed E-state index contributed by atoms with van der Waals surface area (Å²) in [4.78, 5) is 23.0. The van der Waals surface area contributed by atoms with Crippen molar-refractivity contribution in [3.8, 4) is 28.4 Å². The van der Waals surface area contributed by atoms with Crippen molar-refractivity contribution in [1.29, 1.82) is 0 Å². The first kappa shape index (κ1) is 20.8. The Morgan fingerprint density at radius 3 is 2.25 bits per heavy atom. The Kier molecular flexibility index (Phi) is 5.94. The molecule has 0 atom stereocenters. The molecule has 0 unspecified atom stereocenters. The highest BCUT2D eigenvalue weighted by Gasteiger charge is 2.20. The van der Waals surface area contributed by atoms with Crippen molar-refractivity contribution >= 4 is 11.7 Å². The van der Waals surface area contributed by atoms with Gasteiger partial charge < -0.3 is 9.47 Å². The van der Waals surface area contributed by atoms with Crippen LogP contribution in [0.2, 0.25) is 0 Å². The molecule has 0 N–H and O–H groups in total. The van der Waals surface area contributed by atoms with E-state index in [1.165, 1.54) is 16.8 Å². The lowest BCUT2D eigenvalue weighted by molar-refractivity contribution is -0.384. The summed E-state index contributed by atoms with van der Waals surface area (Å²) in [5, 5.41) is 15.5. The number of rotatable bonds is 7. The number of nitrogens with zero attached hydrogens (tertiary/aromatic N) is 3. The number of ether oxygens (including phenoxy) is 2. The lowest BCUT2D eigenvalue weighted by Crippen LogP contribution is -2.05. The topological polar surface area (TPSA) is 96.5 Å². The van der Waals surface area contributed by atoms with Crippen LogP contribution < -0.4 is 4.74 Å². The van der Waals surface area contributed by atoms with Gasteiger partial charge in [-0.1, -0.05) is 18.2 Å². The molecule has 8 heteroatoms. The van der Waals surface area contributed by atoms with Gasteiger partial charge in [0.05, 0.1) is 17.2 Å². The Balaban J connectivity index is 1.67. The molecule has 4 aromatic rings. The van der Waals surface area contributed by atoms with Crippen molar-refractivity contribution in [2.75, 3.05) is 6.61 Å². The van der Waals surface area contributed by atoms with Crippen LogP contribution >= 0.6 is 0 Å². The second-order valence-electron chi connectivity index (χ2n) is 6.77. The van der Waals surface area contributed by atoms with Crippen LogP contribution in [0.15, 0.2) is 85.1 Å². The Labute approximate surface area is 183 Å². The Morgan fingerprint density at radius 1 is 0.969 bits per heavy atom. The second-order valence-corrected chi connectivity index (χ2v) is 6.77. The summed E-state index contributed by atoms with van der Waals surface area (Å²) in [6, 6.07) is 22.5. The number of carbonyl (C=O) groups is 1.